The van der Waals surface area contributed by atoms with E-state index in [0.29, 0.717) is 17.2 Å². The van der Waals surface area contributed by atoms with E-state index in [2.05, 4.69) is 18.5 Å². The zero-order valence-electron chi connectivity index (χ0n) is 5.98. The highest BCUT2D eigenvalue weighted by Gasteiger charge is 2.20. The molecule has 0 aromatic heterocycles. The maximum Gasteiger partial charge on any atom is 0.251 e. The van der Waals surface area contributed by atoms with Crippen LogP contribution in [0.1, 0.15) is 0 Å². The number of hydrogen-bond donors (Lipinski definition) is 1. The minimum Gasteiger partial charge on any atom is -0.348 e. The van der Waals surface area contributed by atoms with E-state index in [9.17, 15) is 4.79 Å². The zero-order chi connectivity index (χ0) is 8.43. The van der Waals surface area contributed by atoms with Crippen LogP contribution < -0.4 is 5.32 Å². The molecule has 58 valence electrons. The van der Waals surface area contributed by atoms with Crippen LogP contribution >= 0.6 is 11.6 Å². The van der Waals surface area contributed by atoms with Crippen molar-refractivity contribution in [2.75, 3.05) is 6.54 Å². The van der Waals surface area contributed by atoms with Gasteiger partial charge in [0.1, 0.15) is 0 Å². The van der Waals surface area contributed by atoms with Crippen LogP contribution in [0.4, 0.5) is 0 Å². The molecule has 0 saturated carbocycles. The second kappa shape index (κ2) is 2.93. The number of halogens is 1. The van der Waals surface area contributed by atoms with E-state index in [-0.39, 0.29) is 5.91 Å². The minimum atomic E-state index is -0.128. The summed E-state index contributed by atoms with van der Waals surface area (Å²) in [6.45, 7) is 7.51. The van der Waals surface area contributed by atoms with Gasteiger partial charge in [-0.2, -0.15) is 0 Å². The predicted octanol–water partition coefficient (Wildman–Crippen LogP) is 1.35. The van der Waals surface area contributed by atoms with Gasteiger partial charge >= 0.3 is 0 Å². The maximum absolute atomic E-state index is 11.0. The molecule has 11 heavy (non-hydrogen) atoms. The molecule has 0 saturated heterocycles. The molecule has 0 aromatic rings. The lowest BCUT2D eigenvalue weighted by molar-refractivity contribution is -0.116. The van der Waals surface area contributed by atoms with Crippen molar-refractivity contribution in [3.63, 3.8) is 0 Å². The van der Waals surface area contributed by atoms with Crippen LogP contribution in [0.15, 0.2) is 35.4 Å². The van der Waals surface area contributed by atoms with E-state index in [1.165, 1.54) is 6.08 Å². The summed E-state index contributed by atoms with van der Waals surface area (Å²) in [6, 6.07) is 0. The second-order valence-electron chi connectivity index (χ2n) is 2.18. The van der Waals surface area contributed by atoms with Crippen LogP contribution in [-0.2, 0) is 4.79 Å². The van der Waals surface area contributed by atoms with Gasteiger partial charge in [-0.1, -0.05) is 30.8 Å². The van der Waals surface area contributed by atoms with Gasteiger partial charge in [0, 0.05) is 22.7 Å². The van der Waals surface area contributed by atoms with Gasteiger partial charge in [0.15, 0.2) is 0 Å². The largest absolute Gasteiger partial charge is 0.348 e. The maximum atomic E-state index is 11.0. The number of hydrogen-bond acceptors (Lipinski definition) is 1. The van der Waals surface area contributed by atoms with Gasteiger partial charge in [-0.25, -0.2) is 0 Å². The lowest BCUT2D eigenvalue weighted by Gasteiger charge is -1.95. The topological polar surface area (TPSA) is 29.1 Å². The van der Waals surface area contributed by atoms with Gasteiger partial charge in [-0.3, -0.25) is 4.79 Å². The van der Waals surface area contributed by atoms with Crippen LogP contribution in [-0.4, -0.2) is 12.5 Å². The monoisotopic (exact) mass is 169 g/mol. The Hall–Kier alpha value is -1.02. The molecular formula is C8H8ClNO. The van der Waals surface area contributed by atoms with Gasteiger partial charge in [-0.05, 0) is 0 Å². The molecule has 1 amide bonds. The highest BCUT2D eigenvalue weighted by Crippen LogP contribution is 2.21. The summed E-state index contributed by atoms with van der Waals surface area (Å²) in [5.41, 5.74) is 1.27. The molecule has 0 atom stereocenters. The Balaban J connectivity index is 3.07. The molecule has 1 heterocycles. The van der Waals surface area contributed by atoms with Crippen molar-refractivity contribution in [2.45, 2.75) is 0 Å². The van der Waals surface area contributed by atoms with Crippen LogP contribution in [0.2, 0.25) is 0 Å². The Bertz CT molecular complexity index is 265. The molecular weight excluding hydrogens is 162 g/mol. The number of amides is 1. The lowest BCUT2D eigenvalue weighted by Crippen LogP contribution is -2.16. The molecule has 0 unspecified atom stereocenters. The zero-order valence-corrected chi connectivity index (χ0v) is 6.74. The smallest absolute Gasteiger partial charge is 0.251 e. The Morgan fingerprint density at radius 2 is 2.36 bits per heavy atom. The van der Waals surface area contributed by atoms with E-state index in [1.807, 2.05) is 0 Å². The van der Waals surface area contributed by atoms with Gasteiger partial charge in [-0.15, -0.1) is 0 Å². The third-order valence-electron chi connectivity index (χ3n) is 1.53. The van der Waals surface area contributed by atoms with E-state index >= 15 is 0 Å². The number of rotatable bonds is 2. The van der Waals surface area contributed by atoms with Crippen LogP contribution in [0.5, 0.6) is 0 Å². The van der Waals surface area contributed by atoms with Crippen LogP contribution in [0.3, 0.4) is 0 Å². The molecule has 0 spiro atoms. The average Bonchev–Trinajstić information content (AvgIpc) is 2.30. The number of carbonyl (C=O) groups excluding carboxylic acids is 1. The summed E-state index contributed by atoms with van der Waals surface area (Å²) in [7, 11) is 0. The fraction of sp³-hybridized carbons (Fsp3) is 0.125. The van der Waals surface area contributed by atoms with Gasteiger partial charge < -0.3 is 5.32 Å². The van der Waals surface area contributed by atoms with E-state index in [1.54, 1.807) is 0 Å². The molecule has 1 rings (SSSR count). The van der Waals surface area contributed by atoms with Crippen LogP contribution in [0, 0.1) is 0 Å². The molecule has 3 heteroatoms. The van der Waals surface area contributed by atoms with E-state index in [0.717, 1.165) is 5.57 Å². The van der Waals surface area contributed by atoms with E-state index in [4.69, 9.17) is 11.6 Å². The third-order valence-corrected chi connectivity index (χ3v) is 1.76. The van der Waals surface area contributed by atoms with Gasteiger partial charge in [0.25, 0.3) is 5.91 Å². The third kappa shape index (κ3) is 1.35. The highest BCUT2D eigenvalue weighted by molar-refractivity contribution is 6.32. The molecule has 1 N–H and O–H groups in total. The molecule has 1 aliphatic rings. The minimum absolute atomic E-state index is 0.128. The standard InChI is InChI=1S/C8H8ClNO/c1-3-6-7(5(2)9)4-10-8(6)11/h3H,1-2,4H2,(H,10,11). The van der Waals surface area contributed by atoms with Crippen molar-refractivity contribution in [3.05, 3.63) is 35.4 Å². The average molecular weight is 170 g/mol. The summed E-state index contributed by atoms with van der Waals surface area (Å²) in [5, 5.41) is 3.02. The second-order valence-corrected chi connectivity index (χ2v) is 2.64. The molecule has 0 fully saturated rings. The number of carbonyl (C=O) groups is 1. The van der Waals surface area contributed by atoms with Crippen molar-refractivity contribution < 1.29 is 4.79 Å². The predicted molar refractivity (Wildman–Crippen MR) is 45.2 cm³/mol. The molecule has 0 radical (unpaired) electrons. The summed E-state index contributed by atoms with van der Waals surface area (Å²) in [6.07, 6.45) is 1.49. The van der Waals surface area contributed by atoms with Gasteiger partial charge in [0.2, 0.25) is 0 Å². The van der Waals surface area contributed by atoms with Crippen LogP contribution in [0.25, 0.3) is 0 Å². The normalized spacial score (nSPS) is 16.6. The summed E-state index contributed by atoms with van der Waals surface area (Å²) in [5.74, 6) is -0.128. The van der Waals surface area contributed by atoms with Crippen molar-refractivity contribution in [1.29, 1.82) is 0 Å². The van der Waals surface area contributed by atoms with Crippen molar-refractivity contribution in [2.24, 2.45) is 0 Å². The highest BCUT2D eigenvalue weighted by atomic mass is 35.5. The van der Waals surface area contributed by atoms with Gasteiger partial charge in [0.05, 0.1) is 0 Å². The molecule has 2 nitrogen and oxygen atoms in total. The summed E-state index contributed by atoms with van der Waals surface area (Å²) >= 11 is 5.63. The molecule has 1 aliphatic heterocycles. The summed E-state index contributed by atoms with van der Waals surface area (Å²) in [4.78, 5) is 11.0. The summed E-state index contributed by atoms with van der Waals surface area (Å²) < 4.78 is 0. The van der Waals surface area contributed by atoms with E-state index < -0.39 is 0 Å². The Morgan fingerprint density at radius 1 is 1.73 bits per heavy atom. The molecule has 0 bridgehead atoms. The first-order chi connectivity index (χ1) is 5.16. The number of nitrogens with one attached hydrogen (secondary N) is 1. The first kappa shape index (κ1) is 8.08. The first-order valence-corrected chi connectivity index (χ1v) is 3.53. The Kier molecular flexibility index (Phi) is 2.15. The van der Waals surface area contributed by atoms with Crippen molar-refractivity contribution in [1.82, 2.24) is 5.32 Å². The lowest BCUT2D eigenvalue weighted by atomic mass is 10.1. The fourth-order valence-corrected chi connectivity index (χ4v) is 1.12. The SMILES string of the molecule is C=CC1=C(C(=C)Cl)CNC1=O. The van der Waals surface area contributed by atoms with Crippen molar-refractivity contribution in [3.8, 4) is 0 Å². The first-order valence-electron chi connectivity index (χ1n) is 3.15. The van der Waals surface area contributed by atoms with Crippen molar-refractivity contribution >= 4 is 17.5 Å². The molecule has 0 aromatic carbocycles. The fourth-order valence-electron chi connectivity index (χ4n) is 0.954. The molecule has 0 aliphatic carbocycles. The Labute approximate surface area is 70.2 Å². The quantitative estimate of drug-likeness (QED) is 0.665. The Morgan fingerprint density at radius 3 is 2.73 bits per heavy atom.